The summed E-state index contributed by atoms with van der Waals surface area (Å²) in [5.74, 6) is -2.37. The first-order valence-electron chi connectivity index (χ1n) is 7.45. The summed E-state index contributed by atoms with van der Waals surface area (Å²) in [6.07, 6.45) is 9.36. The number of amides is 1. The third kappa shape index (κ3) is 1.81. The molecule has 0 aliphatic carbocycles. The van der Waals surface area contributed by atoms with Crippen LogP contribution < -0.4 is 0 Å². The highest BCUT2D eigenvalue weighted by Crippen LogP contribution is 2.51. The highest BCUT2D eigenvalue weighted by Gasteiger charge is 2.66. The van der Waals surface area contributed by atoms with E-state index in [1.165, 1.54) is 0 Å². The molecule has 1 aromatic rings. The van der Waals surface area contributed by atoms with Crippen LogP contribution in [-0.2, 0) is 20.9 Å². The van der Waals surface area contributed by atoms with Crippen LogP contribution in [0.1, 0.15) is 6.42 Å². The van der Waals surface area contributed by atoms with Gasteiger partial charge in [-0.05, 0) is 6.42 Å². The van der Waals surface area contributed by atoms with Gasteiger partial charge in [-0.25, -0.2) is 4.98 Å². The second-order valence-electron chi connectivity index (χ2n) is 6.15. The Kier molecular flexibility index (Phi) is 2.87. The fourth-order valence-electron chi connectivity index (χ4n) is 3.91. The number of carboxylic acid groups (broad SMARTS) is 1. The molecule has 2 fully saturated rings. The SMILES string of the molecule is O=C(O)[C@@H]1[C@@H]2C=C[C@]3(CN(CCCn4ccnc4)C(=O)[C@@H]13)O2. The first kappa shape index (κ1) is 13.5. The van der Waals surface area contributed by atoms with Crippen LogP contribution in [0.4, 0.5) is 0 Å². The van der Waals surface area contributed by atoms with Crippen molar-refractivity contribution in [2.24, 2.45) is 11.8 Å². The number of imidazole rings is 1. The molecule has 1 spiro atoms. The van der Waals surface area contributed by atoms with Crippen LogP contribution in [0.15, 0.2) is 30.9 Å². The molecule has 3 aliphatic rings. The highest BCUT2D eigenvalue weighted by atomic mass is 16.5. The lowest BCUT2D eigenvalue weighted by atomic mass is 9.77. The van der Waals surface area contributed by atoms with Gasteiger partial charge in [0.25, 0.3) is 0 Å². The van der Waals surface area contributed by atoms with Crippen LogP contribution in [-0.4, -0.2) is 56.2 Å². The van der Waals surface area contributed by atoms with Gasteiger partial charge in [-0.3, -0.25) is 9.59 Å². The van der Waals surface area contributed by atoms with Crippen molar-refractivity contribution < 1.29 is 19.4 Å². The number of ether oxygens (including phenoxy) is 1. The molecule has 116 valence electrons. The molecular weight excluding hydrogens is 286 g/mol. The van der Waals surface area contributed by atoms with Gasteiger partial charge in [0, 0.05) is 25.5 Å². The van der Waals surface area contributed by atoms with Gasteiger partial charge in [-0.15, -0.1) is 0 Å². The molecule has 4 atom stereocenters. The van der Waals surface area contributed by atoms with E-state index in [9.17, 15) is 14.7 Å². The molecule has 0 aromatic carbocycles. The Labute approximate surface area is 127 Å². The summed E-state index contributed by atoms with van der Waals surface area (Å²) in [7, 11) is 0. The van der Waals surface area contributed by atoms with Crippen molar-refractivity contribution in [3.63, 3.8) is 0 Å². The lowest BCUT2D eigenvalue weighted by molar-refractivity contribution is -0.148. The topological polar surface area (TPSA) is 84.7 Å². The van der Waals surface area contributed by atoms with Gasteiger partial charge in [0.15, 0.2) is 0 Å². The minimum atomic E-state index is -0.949. The van der Waals surface area contributed by atoms with Gasteiger partial charge in [0.1, 0.15) is 11.5 Å². The lowest BCUT2D eigenvalue weighted by Gasteiger charge is -2.21. The molecule has 2 saturated heterocycles. The maximum Gasteiger partial charge on any atom is 0.310 e. The number of carbonyl (C=O) groups excluding carboxylic acids is 1. The Morgan fingerprint density at radius 2 is 2.36 bits per heavy atom. The quantitative estimate of drug-likeness (QED) is 0.782. The predicted molar refractivity (Wildman–Crippen MR) is 74.8 cm³/mol. The van der Waals surface area contributed by atoms with Crippen molar-refractivity contribution >= 4 is 11.9 Å². The number of carbonyl (C=O) groups is 2. The zero-order valence-electron chi connectivity index (χ0n) is 12.0. The summed E-state index contributed by atoms with van der Waals surface area (Å²) < 4.78 is 7.80. The highest BCUT2D eigenvalue weighted by molar-refractivity contribution is 5.90. The Morgan fingerprint density at radius 3 is 3.09 bits per heavy atom. The van der Waals surface area contributed by atoms with E-state index >= 15 is 0 Å². The molecule has 0 radical (unpaired) electrons. The largest absolute Gasteiger partial charge is 0.481 e. The fraction of sp³-hybridized carbons (Fsp3) is 0.533. The number of nitrogens with zero attached hydrogens (tertiary/aromatic N) is 3. The monoisotopic (exact) mass is 303 g/mol. The second kappa shape index (κ2) is 4.67. The van der Waals surface area contributed by atoms with Crippen molar-refractivity contribution in [3.8, 4) is 0 Å². The first-order chi connectivity index (χ1) is 10.6. The van der Waals surface area contributed by atoms with E-state index in [0.29, 0.717) is 13.1 Å². The van der Waals surface area contributed by atoms with E-state index in [1.807, 2.05) is 16.8 Å². The molecule has 4 heterocycles. The molecule has 7 nitrogen and oxygen atoms in total. The predicted octanol–water partition coefficient (Wildman–Crippen LogP) is 0.140. The number of aryl methyl sites for hydroxylation is 1. The van der Waals surface area contributed by atoms with Gasteiger partial charge in [-0.2, -0.15) is 0 Å². The maximum absolute atomic E-state index is 12.6. The van der Waals surface area contributed by atoms with Crippen molar-refractivity contribution in [1.82, 2.24) is 14.5 Å². The van der Waals surface area contributed by atoms with Gasteiger partial charge >= 0.3 is 5.97 Å². The molecule has 0 saturated carbocycles. The van der Waals surface area contributed by atoms with Gasteiger partial charge in [0.05, 0.1) is 24.9 Å². The van der Waals surface area contributed by atoms with Crippen molar-refractivity contribution in [2.75, 3.05) is 13.1 Å². The Balaban J connectivity index is 1.45. The second-order valence-corrected chi connectivity index (χ2v) is 6.15. The third-order valence-corrected chi connectivity index (χ3v) is 4.87. The number of rotatable bonds is 5. The zero-order valence-corrected chi connectivity index (χ0v) is 12.0. The van der Waals surface area contributed by atoms with Gasteiger partial charge in [-0.1, -0.05) is 12.2 Å². The van der Waals surface area contributed by atoms with Crippen LogP contribution >= 0.6 is 0 Å². The van der Waals surface area contributed by atoms with E-state index in [2.05, 4.69) is 4.98 Å². The average Bonchev–Trinajstić information content (AvgIpc) is 3.22. The van der Waals surface area contributed by atoms with Crippen LogP contribution in [0.25, 0.3) is 0 Å². The van der Waals surface area contributed by atoms with Crippen molar-refractivity contribution in [3.05, 3.63) is 30.9 Å². The minimum absolute atomic E-state index is 0.0927. The molecule has 7 heteroatoms. The number of hydrogen-bond donors (Lipinski definition) is 1. The van der Waals surface area contributed by atoms with Crippen LogP contribution in [0.3, 0.4) is 0 Å². The number of likely N-dealkylation sites (tertiary alicyclic amines) is 1. The Bertz CT molecular complexity index is 641. The van der Waals surface area contributed by atoms with E-state index in [1.54, 1.807) is 23.5 Å². The molecule has 1 N–H and O–H groups in total. The number of carboxylic acids is 1. The number of fused-ring (bicyclic) bond motifs is 1. The van der Waals surface area contributed by atoms with Crippen LogP contribution in [0.2, 0.25) is 0 Å². The molecule has 2 bridgehead atoms. The van der Waals surface area contributed by atoms with E-state index < -0.39 is 29.5 Å². The first-order valence-corrected chi connectivity index (χ1v) is 7.45. The average molecular weight is 303 g/mol. The number of aromatic nitrogens is 2. The van der Waals surface area contributed by atoms with E-state index in [0.717, 1.165) is 13.0 Å². The maximum atomic E-state index is 12.6. The normalized spacial score (nSPS) is 35.4. The van der Waals surface area contributed by atoms with Crippen molar-refractivity contribution in [1.29, 1.82) is 0 Å². The molecular formula is C15H17N3O4. The molecule has 3 aliphatic heterocycles. The fourth-order valence-corrected chi connectivity index (χ4v) is 3.91. The van der Waals surface area contributed by atoms with Crippen LogP contribution in [0.5, 0.6) is 0 Å². The van der Waals surface area contributed by atoms with Crippen LogP contribution in [0, 0.1) is 11.8 Å². The summed E-state index contributed by atoms with van der Waals surface area (Å²) in [6.45, 7) is 1.84. The zero-order chi connectivity index (χ0) is 15.3. The minimum Gasteiger partial charge on any atom is -0.481 e. The molecule has 22 heavy (non-hydrogen) atoms. The summed E-state index contributed by atoms with van der Waals surface area (Å²) >= 11 is 0. The molecule has 1 aromatic heterocycles. The summed E-state index contributed by atoms with van der Waals surface area (Å²) in [5, 5.41) is 9.39. The Morgan fingerprint density at radius 1 is 1.50 bits per heavy atom. The summed E-state index contributed by atoms with van der Waals surface area (Å²) in [5.41, 5.74) is -0.722. The summed E-state index contributed by atoms with van der Waals surface area (Å²) in [4.78, 5) is 29.8. The van der Waals surface area contributed by atoms with E-state index in [-0.39, 0.29) is 5.91 Å². The van der Waals surface area contributed by atoms with Gasteiger partial charge < -0.3 is 19.3 Å². The van der Waals surface area contributed by atoms with Crippen molar-refractivity contribution in [2.45, 2.75) is 24.7 Å². The molecule has 4 rings (SSSR count). The molecule has 0 unspecified atom stereocenters. The smallest absolute Gasteiger partial charge is 0.310 e. The summed E-state index contributed by atoms with van der Waals surface area (Å²) in [6, 6.07) is 0. The number of hydrogen-bond acceptors (Lipinski definition) is 4. The third-order valence-electron chi connectivity index (χ3n) is 4.87. The van der Waals surface area contributed by atoms with Gasteiger partial charge in [0.2, 0.25) is 5.91 Å². The standard InChI is InChI=1S/C15H17N3O4/c19-13-12-11(14(20)21)10-2-3-15(12,22-10)8-18(13)6-1-5-17-7-4-16-9-17/h2-4,7,9-12H,1,5-6,8H2,(H,20,21)/t10-,11+,12+,15+/m0/s1. The Hall–Kier alpha value is -2.15. The molecule has 1 amide bonds. The number of aliphatic carboxylic acids is 1. The lowest BCUT2D eigenvalue weighted by Crippen LogP contribution is -2.39. The van der Waals surface area contributed by atoms with E-state index in [4.69, 9.17) is 4.74 Å².